The Kier molecular flexibility index (Phi) is 4.82. The summed E-state index contributed by atoms with van der Waals surface area (Å²) in [4.78, 5) is 0. The number of nitrogens with zero attached hydrogens (tertiary/aromatic N) is 1. The number of rotatable bonds is 6. The van der Waals surface area contributed by atoms with Gasteiger partial charge in [-0.25, -0.2) is 0 Å². The maximum absolute atomic E-state index is 6.22. The van der Waals surface area contributed by atoms with Crippen molar-refractivity contribution < 1.29 is 9.26 Å². The molecule has 0 radical (unpaired) electrons. The van der Waals surface area contributed by atoms with Crippen molar-refractivity contribution in [2.45, 2.75) is 32.4 Å². The van der Waals surface area contributed by atoms with E-state index in [-0.39, 0.29) is 6.04 Å². The summed E-state index contributed by atoms with van der Waals surface area (Å²) in [6.45, 7) is 2.38. The molecule has 0 aliphatic heterocycles. The van der Waals surface area contributed by atoms with Crippen LogP contribution in [0.25, 0.3) is 0 Å². The van der Waals surface area contributed by atoms with E-state index >= 15 is 0 Å². The average molecular weight is 281 g/mol. The Morgan fingerprint density at radius 2 is 2.26 bits per heavy atom. The maximum Gasteiger partial charge on any atom is 0.174 e. The lowest BCUT2D eigenvalue weighted by Gasteiger charge is -2.15. The van der Waals surface area contributed by atoms with Crippen LogP contribution >= 0.6 is 11.6 Å². The Balaban J connectivity index is 2.12. The zero-order valence-electron chi connectivity index (χ0n) is 10.8. The van der Waals surface area contributed by atoms with Crippen molar-refractivity contribution in [1.29, 1.82) is 0 Å². The second-order valence-electron chi connectivity index (χ2n) is 4.36. The lowest BCUT2D eigenvalue weighted by Crippen LogP contribution is -2.22. The van der Waals surface area contributed by atoms with Crippen LogP contribution in [0.3, 0.4) is 0 Å². The van der Waals surface area contributed by atoms with E-state index < -0.39 is 0 Å². The monoisotopic (exact) mass is 280 g/mol. The average Bonchev–Trinajstić information content (AvgIpc) is 2.92. The van der Waals surface area contributed by atoms with Crippen LogP contribution in [-0.4, -0.2) is 11.2 Å². The van der Waals surface area contributed by atoms with Gasteiger partial charge in [-0.2, -0.15) is 0 Å². The molecule has 5 heteroatoms. The number of halogens is 1. The third kappa shape index (κ3) is 3.72. The van der Waals surface area contributed by atoms with Crippen LogP contribution in [0, 0.1) is 0 Å². The number of hydrogen-bond acceptors (Lipinski definition) is 4. The van der Waals surface area contributed by atoms with E-state index in [1.807, 2.05) is 18.2 Å². The molecule has 1 heterocycles. The van der Waals surface area contributed by atoms with Crippen LogP contribution in [-0.2, 0) is 13.0 Å². The molecule has 2 aromatic rings. The first-order valence-electron chi connectivity index (χ1n) is 6.26. The van der Waals surface area contributed by atoms with Crippen molar-refractivity contribution in [2.75, 3.05) is 0 Å². The molecule has 1 aromatic carbocycles. The quantitative estimate of drug-likeness (QED) is 0.883. The molecule has 1 aromatic heterocycles. The Morgan fingerprint density at radius 3 is 2.95 bits per heavy atom. The fourth-order valence-electron chi connectivity index (χ4n) is 1.74. The first-order valence-corrected chi connectivity index (χ1v) is 6.63. The van der Waals surface area contributed by atoms with Gasteiger partial charge in [0.2, 0.25) is 0 Å². The third-order valence-corrected chi connectivity index (χ3v) is 3.28. The van der Waals surface area contributed by atoms with Gasteiger partial charge in [-0.3, -0.25) is 0 Å². The van der Waals surface area contributed by atoms with Gasteiger partial charge in [0.15, 0.2) is 5.76 Å². The van der Waals surface area contributed by atoms with E-state index in [9.17, 15) is 0 Å². The molecule has 102 valence electrons. The minimum absolute atomic E-state index is 0.0764. The lowest BCUT2D eigenvalue weighted by molar-refractivity contribution is 0.247. The summed E-state index contributed by atoms with van der Waals surface area (Å²) < 4.78 is 10.7. The Labute approximate surface area is 117 Å². The largest absolute Gasteiger partial charge is 0.485 e. The summed E-state index contributed by atoms with van der Waals surface area (Å²) in [7, 11) is 0. The predicted molar refractivity (Wildman–Crippen MR) is 74.3 cm³/mol. The van der Waals surface area contributed by atoms with Crippen LogP contribution < -0.4 is 10.5 Å². The van der Waals surface area contributed by atoms with Crippen molar-refractivity contribution in [3.8, 4) is 5.75 Å². The summed E-state index contributed by atoms with van der Waals surface area (Å²) in [6.07, 6.45) is 3.18. The molecular weight excluding hydrogens is 264 g/mol. The molecule has 0 aliphatic carbocycles. The molecule has 19 heavy (non-hydrogen) atoms. The molecule has 1 unspecified atom stereocenters. The molecular formula is C14H17ClN2O2. The van der Waals surface area contributed by atoms with Gasteiger partial charge in [0.1, 0.15) is 12.4 Å². The highest BCUT2D eigenvalue weighted by Gasteiger charge is 2.12. The number of ether oxygens (including phenoxy) is 1. The molecule has 2 rings (SSSR count). The molecule has 0 aliphatic rings. The zero-order chi connectivity index (χ0) is 13.7. The van der Waals surface area contributed by atoms with Crippen LogP contribution in [0.1, 0.15) is 24.7 Å². The van der Waals surface area contributed by atoms with E-state index in [1.54, 1.807) is 12.3 Å². The van der Waals surface area contributed by atoms with Crippen LogP contribution in [0.15, 0.2) is 35.0 Å². The molecule has 0 spiro atoms. The normalized spacial score (nSPS) is 12.4. The third-order valence-electron chi connectivity index (χ3n) is 2.93. The highest BCUT2D eigenvalue weighted by atomic mass is 35.5. The van der Waals surface area contributed by atoms with Crippen molar-refractivity contribution in [2.24, 2.45) is 5.73 Å². The Hall–Kier alpha value is -1.52. The first kappa shape index (κ1) is 13.9. The maximum atomic E-state index is 6.22. The van der Waals surface area contributed by atoms with Gasteiger partial charge in [-0.1, -0.05) is 29.7 Å². The number of aromatic nitrogens is 1. The van der Waals surface area contributed by atoms with Crippen molar-refractivity contribution in [1.82, 2.24) is 5.16 Å². The van der Waals surface area contributed by atoms with E-state index in [4.69, 9.17) is 26.6 Å². The summed E-state index contributed by atoms with van der Waals surface area (Å²) >= 11 is 6.22. The van der Waals surface area contributed by atoms with E-state index in [1.165, 1.54) is 0 Å². The zero-order valence-corrected chi connectivity index (χ0v) is 11.6. The summed E-state index contributed by atoms with van der Waals surface area (Å²) in [6, 6.07) is 7.44. The minimum Gasteiger partial charge on any atom is -0.485 e. The fraction of sp³-hybridized carbons (Fsp3) is 0.357. The molecule has 0 saturated heterocycles. The van der Waals surface area contributed by atoms with E-state index in [2.05, 4.69) is 12.1 Å². The molecule has 1 atom stereocenters. The smallest absolute Gasteiger partial charge is 0.174 e. The standard InChI is InChI=1S/C14H17ClN2O2/c1-2-10(16)8-12-13(15)4-3-5-14(12)18-9-11-6-7-17-19-11/h3-7,10H,2,8-9,16H2,1H3. The SMILES string of the molecule is CCC(N)Cc1c(Cl)cccc1OCc1ccno1. The molecule has 0 amide bonds. The second kappa shape index (κ2) is 6.59. The van der Waals surface area contributed by atoms with Crippen LogP contribution in [0.4, 0.5) is 0 Å². The van der Waals surface area contributed by atoms with Gasteiger partial charge in [-0.05, 0) is 25.0 Å². The second-order valence-corrected chi connectivity index (χ2v) is 4.76. The molecule has 4 nitrogen and oxygen atoms in total. The van der Waals surface area contributed by atoms with Crippen LogP contribution in [0.2, 0.25) is 5.02 Å². The van der Waals surface area contributed by atoms with Crippen molar-refractivity contribution in [3.63, 3.8) is 0 Å². The summed E-state index contributed by atoms with van der Waals surface area (Å²) in [5.74, 6) is 1.42. The Bertz CT molecular complexity index is 514. The van der Waals surface area contributed by atoms with Gasteiger partial charge in [0, 0.05) is 22.7 Å². The van der Waals surface area contributed by atoms with Gasteiger partial charge in [-0.15, -0.1) is 0 Å². The highest BCUT2D eigenvalue weighted by molar-refractivity contribution is 6.31. The molecule has 2 N–H and O–H groups in total. The minimum atomic E-state index is 0.0764. The van der Waals surface area contributed by atoms with E-state index in [0.29, 0.717) is 23.8 Å². The topological polar surface area (TPSA) is 61.3 Å². The number of nitrogens with two attached hydrogens (primary N) is 1. The van der Waals surface area contributed by atoms with E-state index in [0.717, 1.165) is 17.7 Å². The fourth-order valence-corrected chi connectivity index (χ4v) is 1.99. The van der Waals surface area contributed by atoms with Gasteiger partial charge < -0.3 is 15.0 Å². The Morgan fingerprint density at radius 1 is 1.42 bits per heavy atom. The van der Waals surface area contributed by atoms with Gasteiger partial charge in [0.05, 0.1) is 6.20 Å². The van der Waals surface area contributed by atoms with Gasteiger partial charge in [0.25, 0.3) is 0 Å². The molecule has 0 saturated carbocycles. The van der Waals surface area contributed by atoms with Crippen molar-refractivity contribution in [3.05, 3.63) is 46.8 Å². The number of benzene rings is 1. The lowest BCUT2D eigenvalue weighted by atomic mass is 10.0. The molecule has 0 fully saturated rings. The van der Waals surface area contributed by atoms with Crippen LogP contribution in [0.5, 0.6) is 5.75 Å². The number of hydrogen-bond donors (Lipinski definition) is 1. The van der Waals surface area contributed by atoms with Gasteiger partial charge >= 0.3 is 0 Å². The summed E-state index contributed by atoms with van der Waals surface area (Å²) in [5.41, 5.74) is 6.93. The first-order chi connectivity index (χ1) is 9.20. The highest BCUT2D eigenvalue weighted by Crippen LogP contribution is 2.28. The predicted octanol–water partition coefficient (Wildman–Crippen LogP) is 3.19. The van der Waals surface area contributed by atoms with Crippen molar-refractivity contribution >= 4 is 11.6 Å². The summed E-state index contributed by atoms with van der Waals surface area (Å²) in [5, 5.41) is 4.31. The molecule has 0 bridgehead atoms.